The van der Waals surface area contributed by atoms with Crippen molar-refractivity contribution in [3.8, 4) is 22.6 Å². The summed E-state index contributed by atoms with van der Waals surface area (Å²) in [5, 5.41) is 0. The Hall–Kier alpha value is -3.07. The molecule has 1 aliphatic rings. The number of nitrogen functional groups attached to an aromatic ring is 1. The second-order valence-corrected chi connectivity index (χ2v) is 8.64. The van der Waals surface area contributed by atoms with Crippen LogP contribution in [0.15, 0.2) is 59.0 Å². The first-order valence-electron chi connectivity index (χ1n) is 11.0. The Morgan fingerprint density at radius 3 is 2.30 bits per heavy atom. The van der Waals surface area contributed by atoms with Gasteiger partial charge in [0.05, 0.1) is 0 Å². The smallest absolute Gasteiger partial charge is 0.227 e. The van der Waals surface area contributed by atoms with Crippen LogP contribution in [0.4, 0.5) is 5.69 Å². The molecule has 152 valence electrons. The molecule has 0 radical (unpaired) electrons. The zero-order chi connectivity index (χ0) is 20.9. The lowest BCUT2D eigenvalue weighted by Gasteiger charge is -2.32. The predicted octanol–water partition coefficient (Wildman–Crippen LogP) is 7.25. The van der Waals surface area contributed by atoms with Crippen LogP contribution in [-0.2, 0) is 5.41 Å². The summed E-state index contributed by atoms with van der Waals surface area (Å²) in [4.78, 5) is 4.77. The van der Waals surface area contributed by atoms with Crippen LogP contribution >= 0.6 is 0 Å². The molecular weight excluding hydrogens is 368 g/mol. The number of fused-ring (bicyclic) bond motifs is 4. The molecule has 0 saturated carbocycles. The SMILES string of the molecule is CCCC1(CCC)c2cc(N)ccc2-c2ccc(-c3nc4ccc(C)cc4o3)cc21. The minimum absolute atomic E-state index is 0.00214. The van der Waals surface area contributed by atoms with Crippen molar-refractivity contribution in [2.45, 2.75) is 51.9 Å². The van der Waals surface area contributed by atoms with Crippen LogP contribution in [0.3, 0.4) is 0 Å². The average Bonchev–Trinajstić information content (AvgIpc) is 3.26. The zero-order valence-electron chi connectivity index (χ0n) is 18.0. The van der Waals surface area contributed by atoms with Crippen molar-refractivity contribution in [1.82, 2.24) is 4.98 Å². The molecule has 3 nitrogen and oxygen atoms in total. The van der Waals surface area contributed by atoms with Gasteiger partial charge in [-0.3, -0.25) is 0 Å². The Bertz CT molecular complexity index is 1250. The Labute approximate surface area is 177 Å². The number of nitrogens with two attached hydrogens (primary N) is 1. The quantitative estimate of drug-likeness (QED) is 0.361. The number of aromatic nitrogens is 1. The Balaban J connectivity index is 1.71. The molecule has 2 N–H and O–H groups in total. The minimum atomic E-state index is 0.00214. The number of nitrogens with zero attached hydrogens (tertiary/aromatic N) is 1. The van der Waals surface area contributed by atoms with Gasteiger partial charge in [-0.25, -0.2) is 4.98 Å². The van der Waals surface area contributed by atoms with E-state index in [1.807, 2.05) is 12.1 Å². The molecule has 0 amide bonds. The summed E-state index contributed by atoms with van der Waals surface area (Å²) in [7, 11) is 0. The van der Waals surface area contributed by atoms with Crippen LogP contribution in [0, 0.1) is 6.92 Å². The van der Waals surface area contributed by atoms with Gasteiger partial charge in [0.2, 0.25) is 5.89 Å². The van der Waals surface area contributed by atoms with E-state index in [0.717, 1.165) is 48.0 Å². The van der Waals surface area contributed by atoms with Gasteiger partial charge in [0.25, 0.3) is 0 Å². The fraction of sp³-hybridized carbons (Fsp3) is 0.296. The zero-order valence-corrected chi connectivity index (χ0v) is 18.0. The van der Waals surface area contributed by atoms with E-state index in [4.69, 9.17) is 15.1 Å². The molecule has 1 heterocycles. The van der Waals surface area contributed by atoms with E-state index in [1.165, 1.54) is 27.8 Å². The number of hydrogen-bond acceptors (Lipinski definition) is 3. The van der Waals surface area contributed by atoms with E-state index < -0.39 is 0 Å². The number of anilines is 1. The first-order chi connectivity index (χ1) is 14.6. The van der Waals surface area contributed by atoms with E-state index in [0.29, 0.717) is 5.89 Å². The molecular formula is C27H28N2O. The minimum Gasteiger partial charge on any atom is -0.436 e. The van der Waals surface area contributed by atoms with Crippen molar-refractivity contribution in [3.05, 3.63) is 71.3 Å². The van der Waals surface area contributed by atoms with Gasteiger partial charge in [-0.05, 0) is 84.0 Å². The topological polar surface area (TPSA) is 52.0 Å². The summed E-state index contributed by atoms with van der Waals surface area (Å²) in [6.07, 6.45) is 4.47. The third-order valence-corrected chi connectivity index (χ3v) is 6.53. The molecule has 0 aliphatic heterocycles. The lowest BCUT2D eigenvalue weighted by atomic mass is 9.71. The van der Waals surface area contributed by atoms with Crippen LogP contribution in [0.2, 0.25) is 0 Å². The van der Waals surface area contributed by atoms with Gasteiger partial charge in [0.1, 0.15) is 5.52 Å². The van der Waals surface area contributed by atoms with E-state index in [9.17, 15) is 0 Å². The number of rotatable bonds is 5. The molecule has 0 bridgehead atoms. The van der Waals surface area contributed by atoms with Crippen LogP contribution in [0.25, 0.3) is 33.7 Å². The summed E-state index contributed by atoms with van der Waals surface area (Å²) in [6.45, 7) is 6.62. The highest BCUT2D eigenvalue weighted by atomic mass is 16.3. The molecule has 0 unspecified atom stereocenters. The monoisotopic (exact) mass is 396 g/mol. The molecule has 4 aromatic rings. The lowest BCUT2D eigenvalue weighted by molar-refractivity contribution is 0.436. The fourth-order valence-electron chi connectivity index (χ4n) is 5.32. The van der Waals surface area contributed by atoms with Crippen LogP contribution < -0.4 is 5.73 Å². The Morgan fingerprint density at radius 2 is 1.57 bits per heavy atom. The van der Waals surface area contributed by atoms with Gasteiger partial charge >= 0.3 is 0 Å². The summed E-state index contributed by atoms with van der Waals surface area (Å²) in [6, 6.07) is 19.3. The first kappa shape index (κ1) is 18.9. The van der Waals surface area contributed by atoms with E-state index in [-0.39, 0.29) is 5.41 Å². The van der Waals surface area contributed by atoms with Crippen LogP contribution in [-0.4, -0.2) is 4.98 Å². The Kier molecular flexibility index (Phi) is 4.43. The number of benzene rings is 3. The number of hydrogen-bond donors (Lipinski definition) is 1. The molecule has 3 heteroatoms. The third-order valence-electron chi connectivity index (χ3n) is 6.53. The maximum absolute atomic E-state index is 6.23. The molecule has 1 aromatic heterocycles. The molecule has 0 spiro atoms. The second-order valence-electron chi connectivity index (χ2n) is 8.64. The van der Waals surface area contributed by atoms with Crippen molar-refractivity contribution in [2.75, 3.05) is 5.73 Å². The standard InChI is InChI=1S/C27H28N2O/c1-4-12-27(13-5-2)22-15-18(26-29-24-11-6-17(3)14-25(24)30-26)7-9-20(22)21-10-8-19(28)16-23(21)27/h6-11,14-16H,4-5,12-13,28H2,1-3H3. The van der Waals surface area contributed by atoms with Crippen molar-refractivity contribution < 1.29 is 4.42 Å². The molecule has 0 atom stereocenters. The van der Waals surface area contributed by atoms with Crippen LogP contribution in [0.5, 0.6) is 0 Å². The Morgan fingerprint density at radius 1 is 0.867 bits per heavy atom. The summed E-state index contributed by atoms with van der Waals surface area (Å²) >= 11 is 0. The maximum atomic E-state index is 6.23. The molecule has 3 aromatic carbocycles. The van der Waals surface area contributed by atoms with Crippen molar-refractivity contribution >= 4 is 16.8 Å². The number of oxazole rings is 1. The van der Waals surface area contributed by atoms with E-state index in [1.54, 1.807) is 0 Å². The summed E-state index contributed by atoms with van der Waals surface area (Å²) in [5.74, 6) is 0.691. The van der Waals surface area contributed by atoms with Gasteiger partial charge in [-0.1, -0.05) is 44.9 Å². The molecule has 5 rings (SSSR count). The van der Waals surface area contributed by atoms with Crippen molar-refractivity contribution in [3.63, 3.8) is 0 Å². The average molecular weight is 397 g/mol. The van der Waals surface area contributed by atoms with Crippen LogP contribution in [0.1, 0.15) is 56.2 Å². The third kappa shape index (κ3) is 2.76. The number of aryl methyl sites for hydroxylation is 1. The van der Waals surface area contributed by atoms with Crippen molar-refractivity contribution in [1.29, 1.82) is 0 Å². The second kappa shape index (κ2) is 7.02. The highest BCUT2D eigenvalue weighted by molar-refractivity contribution is 5.85. The fourth-order valence-corrected chi connectivity index (χ4v) is 5.32. The van der Waals surface area contributed by atoms with E-state index in [2.05, 4.69) is 63.2 Å². The highest BCUT2D eigenvalue weighted by Gasteiger charge is 2.42. The highest BCUT2D eigenvalue weighted by Crippen LogP contribution is 2.54. The maximum Gasteiger partial charge on any atom is 0.227 e. The molecule has 1 aliphatic carbocycles. The summed E-state index contributed by atoms with van der Waals surface area (Å²) < 4.78 is 6.15. The molecule has 30 heavy (non-hydrogen) atoms. The molecule has 0 fully saturated rings. The van der Waals surface area contributed by atoms with E-state index >= 15 is 0 Å². The van der Waals surface area contributed by atoms with Gasteiger partial charge in [-0.15, -0.1) is 0 Å². The van der Waals surface area contributed by atoms with Gasteiger partial charge in [0, 0.05) is 16.7 Å². The first-order valence-corrected chi connectivity index (χ1v) is 11.0. The lowest BCUT2D eigenvalue weighted by Crippen LogP contribution is -2.25. The van der Waals surface area contributed by atoms with Gasteiger partial charge in [-0.2, -0.15) is 0 Å². The summed E-state index contributed by atoms with van der Waals surface area (Å²) in [5.41, 5.74) is 16.5. The van der Waals surface area contributed by atoms with Gasteiger partial charge in [0.15, 0.2) is 5.58 Å². The normalized spacial score (nSPS) is 14.1. The van der Waals surface area contributed by atoms with Gasteiger partial charge < -0.3 is 10.2 Å². The molecule has 0 saturated heterocycles. The largest absolute Gasteiger partial charge is 0.436 e. The predicted molar refractivity (Wildman–Crippen MR) is 125 cm³/mol. The van der Waals surface area contributed by atoms with Crippen molar-refractivity contribution in [2.24, 2.45) is 0 Å².